The molecule has 1 saturated heterocycles. The SMILES string of the molecule is CC1CNCCN1C(=O)COc1ccc2ccccc2c1.Cl. The lowest BCUT2D eigenvalue weighted by Crippen LogP contribution is -2.53. The van der Waals surface area contributed by atoms with Crippen LogP contribution in [0.25, 0.3) is 10.8 Å². The molecular formula is C17H21ClN2O2. The van der Waals surface area contributed by atoms with E-state index in [2.05, 4.69) is 18.3 Å². The highest BCUT2D eigenvalue weighted by atomic mass is 35.5. The van der Waals surface area contributed by atoms with Crippen molar-refractivity contribution in [3.63, 3.8) is 0 Å². The van der Waals surface area contributed by atoms with Crippen molar-refractivity contribution in [2.24, 2.45) is 0 Å². The molecule has 2 aromatic rings. The number of hydrogen-bond acceptors (Lipinski definition) is 3. The molecule has 3 rings (SSSR count). The Morgan fingerprint density at radius 1 is 1.27 bits per heavy atom. The number of halogens is 1. The quantitative estimate of drug-likeness (QED) is 0.944. The number of ether oxygens (including phenoxy) is 1. The number of hydrogen-bond donors (Lipinski definition) is 1. The summed E-state index contributed by atoms with van der Waals surface area (Å²) in [5.74, 6) is 0.794. The second-order valence-corrected chi connectivity index (χ2v) is 5.44. The van der Waals surface area contributed by atoms with E-state index in [1.165, 1.54) is 5.39 Å². The number of nitrogens with one attached hydrogen (secondary N) is 1. The lowest BCUT2D eigenvalue weighted by molar-refractivity contribution is -0.136. The fourth-order valence-electron chi connectivity index (χ4n) is 2.70. The summed E-state index contributed by atoms with van der Waals surface area (Å²) < 4.78 is 5.67. The maximum absolute atomic E-state index is 12.2. The van der Waals surface area contributed by atoms with Gasteiger partial charge < -0.3 is 15.0 Å². The largest absolute Gasteiger partial charge is 0.484 e. The summed E-state index contributed by atoms with van der Waals surface area (Å²) in [5.41, 5.74) is 0. The number of carbonyl (C=O) groups excluding carboxylic acids is 1. The molecule has 0 saturated carbocycles. The molecule has 0 radical (unpaired) electrons. The van der Waals surface area contributed by atoms with Crippen LogP contribution in [-0.2, 0) is 4.79 Å². The highest BCUT2D eigenvalue weighted by molar-refractivity contribution is 5.85. The van der Waals surface area contributed by atoms with Crippen molar-refractivity contribution in [1.82, 2.24) is 10.2 Å². The van der Waals surface area contributed by atoms with Crippen molar-refractivity contribution in [2.75, 3.05) is 26.2 Å². The number of nitrogens with zero attached hydrogens (tertiary/aromatic N) is 1. The number of benzene rings is 2. The van der Waals surface area contributed by atoms with Crippen molar-refractivity contribution in [2.45, 2.75) is 13.0 Å². The van der Waals surface area contributed by atoms with Crippen LogP contribution in [0.5, 0.6) is 5.75 Å². The first-order valence-electron chi connectivity index (χ1n) is 7.36. The van der Waals surface area contributed by atoms with Gasteiger partial charge in [0, 0.05) is 25.7 Å². The molecule has 0 aliphatic carbocycles. The molecule has 0 spiro atoms. The third-order valence-electron chi connectivity index (χ3n) is 3.90. The average Bonchev–Trinajstić information content (AvgIpc) is 2.53. The summed E-state index contributed by atoms with van der Waals surface area (Å²) >= 11 is 0. The molecule has 0 aromatic heterocycles. The minimum Gasteiger partial charge on any atom is -0.484 e. The van der Waals surface area contributed by atoms with Crippen LogP contribution in [-0.4, -0.2) is 43.1 Å². The molecule has 118 valence electrons. The molecule has 1 atom stereocenters. The first-order valence-corrected chi connectivity index (χ1v) is 7.36. The van der Waals surface area contributed by atoms with Crippen molar-refractivity contribution in [3.05, 3.63) is 42.5 Å². The van der Waals surface area contributed by atoms with Gasteiger partial charge in [0.15, 0.2) is 6.61 Å². The van der Waals surface area contributed by atoms with E-state index in [1.54, 1.807) is 0 Å². The number of fused-ring (bicyclic) bond motifs is 1. The first-order chi connectivity index (χ1) is 10.2. The monoisotopic (exact) mass is 320 g/mol. The van der Waals surface area contributed by atoms with Gasteiger partial charge in [-0.2, -0.15) is 0 Å². The van der Waals surface area contributed by atoms with Gasteiger partial charge in [0.2, 0.25) is 0 Å². The summed E-state index contributed by atoms with van der Waals surface area (Å²) in [4.78, 5) is 14.1. The van der Waals surface area contributed by atoms with Crippen molar-refractivity contribution >= 4 is 29.1 Å². The molecule has 1 aliphatic rings. The Morgan fingerprint density at radius 3 is 2.82 bits per heavy atom. The molecule has 4 nitrogen and oxygen atoms in total. The van der Waals surface area contributed by atoms with Gasteiger partial charge in [-0.1, -0.05) is 30.3 Å². The lowest BCUT2D eigenvalue weighted by atomic mass is 10.1. The van der Waals surface area contributed by atoms with E-state index in [9.17, 15) is 4.79 Å². The summed E-state index contributed by atoms with van der Waals surface area (Å²) in [6, 6.07) is 14.3. The van der Waals surface area contributed by atoms with Crippen LogP contribution in [0, 0.1) is 0 Å². The molecule has 1 unspecified atom stereocenters. The van der Waals surface area contributed by atoms with E-state index in [0.717, 1.165) is 30.8 Å². The molecular weight excluding hydrogens is 300 g/mol. The van der Waals surface area contributed by atoms with Crippen LogP contribution in [0.1, 0.15) is 6.92 Å². The predicted octanol–water partition coefficient (Wildman–Crippen LogP) is 2.46. The molecule has 1 heterocycles. The smallest absolute Gasteiger partial charge is 0.260 e. The fraction of sp³-hybridized carbons (Fsp3) is 0.353. The zero-order valence-electron chi connectivity index (χ0n) is 12.6. The first kappa shape index (κ1) is 16.6. The normalized spacial score (nSPS) is 17.9. The van der Waals surface area contributed by atoms with Crippen molar-refractivity contribution in [1.29, 1.82) is 0 Å². The third kappa shape index (κ3) is 3.70. The second kappa shape index (κ2) is 7.47. The van der Waals surface area contributed by atoms with Crippen LogP contribution < -0.4 is 10.1 Å². The van der Waals surface area contributed by atoms with Gasteiger partial charge >= 0.3 is 0 Å². The van der Waals surface area contributed by atoms with Gasteiger partial charge in [-0.3, -0.25) is 4.79 Å². The van der Waals surface area contributed by atoms with Gasteiger partial charge in [0.1, 0.15) is 5.75 Å². The van der Waals surface area contributed by atoms with Crippen LogP contribution in [0.3, 0.4) is 0 Å². The van der Waals surface area contributed by atoms with Gasteiger partial charge in [0.25, 0.3) is 5.91 Å². The van der Waals surface area contributed by atoms with E-state index in [4.69, 9.17) is 4.74 Å². The Hall–Kier alpha value is -1.78. The van der Waals surface area contributed by atoms with Gasteiger partial charge in [-0.05, 0) is 29.8 Å². The summed E-state index contributed by atoms with van der Waals surface area (Å²) in [7, 11) is 0. The number of amides is 1. The lowest BCUT2D eigenvalue weighted by Gasteiger charge is -2.33. The Balaban J connectivity index is 0.00000176. The summed E-state index contributed by atoms with van der Waals surface area (Å²) in [5, 5.41) is 5.57. The average molecular weight is 321 g/mol. The van der Waals surface area contributed by atoms with E-state index in [1.807, 2.05) is 41.3 Å². The van der Waals surface area contributed by atoms with Crippen LogP contribution in [0.15, 0.2) is 42.5 Å². The fourth-order valence-corrected chi connectivity index (χ4v) is 2.70. The Morgan fingerprint density at radius 2 is 2.05 bits per heavy atom. The maximum Gasteiger partial charge on any atom is 0.260 e. The van der Waals surface area contributed by atoms with Crippen molar-refractivity contribution < 1.29 is 9.53 Å². The molecule has 1 fully saturated rings. The number of rotatable bonds is 3. The van der Waals surface area contributed by atoms with E-state index in [0.29, 0.717) is 0 Å². The highest BCUT2D eigenvalue weighted by Gasteiger charge is 2.23. The molecule has 0 bridgehead atoms. The van der Waals surface area contributed by atoms with Gasteiger partial charge in [-0.25, -0.2) is 0 Å². The molecule has 22 heavy (non-hydrogen) atoms. The second-order valence-electron chi connectivity index (χ2n) is 5.44. The number of carbonyl (C=O) groups is 1. The highest BCUT2D eigenvalue weighted by Crippen LogP contribution is 2.20. The van der Waals surface area contributed by atoms with Gasteiger partial charge in [0.05, 0.1) is 0 Å². The zero-order valence-corrected chi connectivity index (χ0v) is 13.4. The summed E-state index contributed by atoms with van der Waals surface area (Å²) in [6.45, 7) is 4.61. The summed E-state index contributed by atoms with van der Waals surface area (Å²) in [6.07, 6.45) is 0. The molecule has 1 amide bonds. The molecule has 1 N–H and O–H groups in total. The Bertz CT molecular complexity index is 647. The zero-order chi connectivity index (χ0) is 14.7. The van der Waals surface area contributed by atoms with Gasteiger partial charge in [-0.15, -0.1) is 12.4 Å². The minimum absolute atomic E-state index is 0. The maximum atomic E-state index is 12.2. The van der Waals surface area contributed by atoms with E-state index in [-0.39, 0.29) is 31.0 Å². The molecule has 5 heteroatoms. The molecule has 2 aromatic carbocycles. The standard InChI is InChI=1S/C17H20N2O2.ClH/c1-13-11-18-8-9-19(13)17(20)12-21-16-7-6-14-4-2-3-5-15(14)10-16;/h2-7,10,13,18H,8-9,11-12H2,1H3;1H. The predicted molar refractivity (Wildman–Crippen MR) is 90.7 cm³/mol. The van der Waals surface area contributed by atoms with Crippen molar-refractivity contribution in [3.8, 4) is 5.75 Å². The van der Waals surface area contributed by atoms with Crippen LogP contribution in [0.4, 0.5) is 0 Å². The molecule has 1 aliphatic heterocycles. The van der Waals surface area contributed by atoms with Crippen LogP contribution >= 0.6 is 12.4 Å². The van der Waals surface area contributed by atoms with E-state index < -0.39 is 0 Å². The topological polar surface area (TPSA) is 41.6 Å². The Kier molecular flexibility index (Phi) is 5.63. The van der Waals surface area contributed by atoms with E-state index >= 15 is 0 Å². The third-order valence-corrected chi connectivity index (χ3v) is 3.90. The minimum atomic E-state index is 0. The number of piperazine rings is 1. The van der Waals surface area contributed by atoms with Crippen LogP contribution in [0.2, 0.25) is 0 Å². The Labute approximate surface area is 136 Å².